The van der Waals surface area contributed by atoms with E-state index in [0.29, 0.717) is 5.69 Å². The van der Waals surface area contributed by atoms with Gasteiger partial charge < -0.3 is 15.8 Å². The molecule has 0 atom stereocenters. The Morgan fingerprint density at radius 1 is 1.33 bits per heavy atom. The van der Waals surface area contributed by atoms with E-state index in [-0.39, 0.29) is 17.1 Å². The lowest BCUT2D eigenvalue weighted by Gasteiger charge is -2.09. The van der Waals surface area contributed by atoms with Crippen LogP contribution in [0, 0.1) is 0 Å². The highest BCUT2D eigenvalue weighted by molar-refractivity contribution is 6.07. The number of nitrogens with zero attached hydrogens (tertiary/aromatic N) is 2. The number of hydrogen-bond donors (Lipinski definition) is 2. The number of carbonyl (C=O) groups excluding carboxylic acids is 1. The summed E-state index contributed by atoms with van der Waals surface area (Å²) in [7, 11) is 1.58. The molecule has 112 valence electrons. The van der Waals surface area contributed by atoms with Crippen LogP contribution in [-0.4, -0.2) is 22.1 Å². The Kier molecular flexibility index (Phi) is 3.74. The molecule has 9 heteroatoms. The summed E-state index contributed by atoms with van der Waals surface area (Å²) in [6.45, 7) is 0. The summed E-state index contributed by atoms with van der Waals surface area (Å²) in [5.41, 5.74) is 6.12. The highest BCUT2D eigenvalue weighted by atomic mass is 19.4. The minimum Gasteiger partial charge on any atom is -0.406 e. The Labute approximate surface area is 117 Å². The van der Waals surface area contributed by atoms with E-state index in [0.717, 1.165) is 12.1 Å². The number of carbonyl (C=O) groups is 1. The quantitative estimate of drug-likeness (QED) is 0.910. The third-order valence-electron chi connectivity index (χ3n) is 2.58. The largest absolute Gasteiger partial charge is 0.573 e. The summed E-state index contributed by atoms with van der Waals surface area (Å²) < 4.78 is 41.1. The second-order valence-electron chi connectivity index (χ2n) is 4.09. The van der Waals surface area contributed by atoms with E-state index < -0.39 is 12.3 Å². The molecule has 0 bridgehead atoms. The van der Waals surface area contributed by atoms with Crippen LogP contribution < -0.4 is 15.8 Å². The van der Waals surface area contributed by atoms with Crippen LogP contribution in [0.5, 0.6) is 5.75 Å². The van der Waals surface area contributed by atoms with Crippen LogP contribution in [0.3, 0.4) is 0 Å². The van der Waals surface area contributed by atoms with Gasteiger partial charge in [0, 0.05) is 12.7 Å². The molecule has 6 nitrogen and oxygen atoms in total. The molecule has 0 radical (unpaired) electrons. The smallest absolute Gasteiger partial charge is 0.406 e. The number of rotatable bonds is 3. The highest BCUT2D eigenvalue weighted by Crippen LogP contribution is 2.24. The maximum absolute atomic E-state index is 12.0. The van der Waals surface area contributed by atoms with Gasteiger partial charge in [-0.1, -0.05) is 0 Å². The van der Waals surface area contributed by atoms with Crippen molar-refractivity contribution in [3.63, 3.8) is 0 Å². The van der Waals surface area contributed by atoms with E-state index in [9.17, 15) is 18.0 Å². The summed E-state index contributed by atoms with van der Waals surface area (Å²) >= 11 is 0. The monoisotopic (exact) mass is 300 g/mol. The van der Waals surface area contributed by atoms with Gasteiger partial charge in [0.15, 0.2) is 0 Å². The van der Waals surface area contributed by atoms with E-state index in [1.165, 1.54) is 23.0 Å². The fourth-order valence-corrected chi connectivity index (χ4v) is 1.56. The molecule has 0 spiro atoms. The van der Waals surface area contributed by atoms with Crippen LogP contribution in [0.15, 0.2) is 30.5 Å². The van der Waals surface area contributed by atoms with Crippen molar-refractivity contribution < 1.29 is 22.7 Å². The normalized spacial score (nSPS) is 11.2. The molecule has 1 aromatic carbocycles. The third-order valence-corrected chi connectivity index (χ3v) is 2.58. The second-order valence-corrected chi connectivity index (χ2v) is 4.09. The summed E-state index contributed by atoms with van der Waals surface area (Å²) in [4.78, 5) is 11.9. The minimum atomic E-state index is -4.76. The Balaban J connectivity index is 2.07. The van der Waals surface area contributed by atoms with Crippen molar-refractivity contribution in [1.29, 1.82) is 0 Å². The predicted molar refractivity (Wildman–Crippen MR) is 68.7 cm³/mol. The van der Waals surface area contributed by atoms with Crippen molar-refractivity contribution in [1.82, 2.24) is 9.78 Å². The van der Waals surface area contributed by atoms with E-state index in [2.05, 4.69) is 15.2 Å². The number of anilines is 2. The molecule has 1 heterocycles. The van der Waals surface area contributed by atoms with Crippen LogP contribution in [0.25, 0.3) is 0 Å². The first kappa shape index (κ1) is 14.7. The molecule has 0 aliphatic rings. The number of halogens is 3. The lowest BCUT2D eigenvalue weighted by Crippen LogP contribution is -2.17. The van der Waals surface area contributed by atoms with E-state index >= 15 is 0 Å². The number of nitrogens with one attached hydrogen (secondary N) is 1. The molecular formula is C12H11F3N4O2. The van der Waals surface area contributed by atoms with Crippen molar-refractivity contribution in [3.05, 3.63) is 36.0 Å². The van der Waals surface area contributed by atoms with Gasteiger partial charge in [-0.2, -0.15) is 5.10 Å². The average molecular weight is 300 g/mol. The van der Waals surface area contributed by atoms with Crippen LogP contribution >= 0.6 is 0 Å². The SMILES string of the molecule is Cn1ncc(C(=O)Nc2ccc(OC(F)(F)F)cc2)c1N. The van der Waals surface area contributed by atoms with Crippen LogP contribution in [0.2, 0.25) is 0 Å². The number of aryl methyl sites for hydroxylation is 1. The van der Waals surface area contributed by atoms with Gasteiger partial charge in [0.1, 0.15) is 17.1 Å². The predicted octanol–water partition coefficient (Wildman–Crippen LogP) is 2.15. The summed E-state index contributed by atoms with van der Waals surface area (Å²) in [6.07, 6.45) is -3.46. The van der Waals surface area contributed by atoms with Gasteiger partial charge in [-0.3, -0.25) is 9.48 Å². The average Bonchev–Trinajstić information content (AvgIpc) is 2.71. The van der Waals surface area contributed by atoms with Gasteiger partial charge >= 0.3 is 6.36 Å². The molecule has 0 aliphatic heterocycles. The molecular weight excluding hydrogens is 289 g/mol. The first-order chi connectivity index (χ1) is 9.76. The first-order valence-corrected chi connectivity index (χ1v) is 5.71. The molecule has 1 aromatic heterocycles. The van der Waals surface area contributed by atoms with Gasteiger partial charge in [0.2, 0.25) is 0 Å². The van der Waals surface area contributed by atoms with Crippen molar-refractivity contribution in [2.45, 2.75) is 6.36 Å². The zero-order valence-electron chi connectivity index (χ0n) is 10.8. The highest BCUT2D eigenvalue weighted by Gasteiger charge is 2.30. The molecule has 1 amide bonds. The Hall–Kier alpha value is -2.71. The van der Waals surface area contributed by atoms with E-state index in [1.54, 1.807) is 7.05 Å². The van der Waals surface area contributed by atoms with Crippen molar-refractivity contribution in [2.24, 2.45) is 7.05 Å². The van der Waals surface area contributed by atoms with Crippen molar-refractivity contribution in [3.8, 4) is 5.75 Å². The number of alkyl halides is 3. The fraction of sp³-hybridized carbons (Fsp3) is 0.167. The van der Waals surface area contributed by atoms with Gasteiger partial charge in [0.05, 0.1) is 6.20 Å². The third kappa shape index (κ3) is 3.65. The zero-order chi connectivity index (χ0) is 15.6. The minimum absolute atomic E-state index is 0.174. The number of hydrogen-bond acceptors (Lipinski definition) is 4. The van der Waals surface area contributed by atoms with Crippen LogP contribution in [0.4, 0.5) is 24.7 Å². The summed E-state index contributed by atoms with van der Waals surface area (Å²) in [5, 5.41) is 6.31. The van der Waals surface area contributed by atoms with E-state index in [1.807, 2.05) is 0 Å². The molecule has 0 saturated carbocycles. The van der Waals surface area contributed by atoms with Gasteiger partial charge in [-0.25, -0.2) is 0 Å². The maximum Gasteiger partial charge on any atom is 0.573 e. The summed E-state index contributed by atoms with van der Waals surface area (Å²) in [6, 6.07) is 4.75. The van der Waals surface area contributed by atoms with Crippen molar-refractivity contribution in [2.75, 3.05) is 11.1 Å². The molecule has 0 unspecified atom stereocenters. The number of nitrogen functional groups attached to an aromatic ring is 1. The molecule has 0 saturated heterocycles. The standard InChI is InChI=1S/C12H11F3N4O2/c1-19-10(16)9(6-17-19)11(20)18-7-2-4-8(5-3-7)21-12(13,14)15/h2-6H,16H2,1H3,(H,18,20). The summed E-state index contributed by atoms with van der Waals surface area (Å²) in [5.74, 6) is -0.698. The van der Waals surface area contributed by atoms with Crippen molar-refractivity contribution >= 4 is 17.4 Å². The maximum atomic E-state index is 12.0. The molecule has 3 N–H and O–H groups in total. The van der Waals surface area contributed by atoms with Gasteiger partial charge in [0.25, 0.3) is 5.91 Å². The lowest BCUT2D eigenvalue weighted by molar-refractivity contribution is -0.274. The Morgan fingerprint density at radius 2 is 1.95 bits per heavy atom. The topological polar surface area (TPSA) is 82.2 Å². The number of nitrogens with two attached hydrogens (primary N) is 1. The van der Waals surface area contributed by atoms with E-state index in [4.69, 9.17) is 5.73 Å². The van der Waals surface area contributed by atoms with Crippen LogP contribution in [-0.2, 0) is 7.05 Å². The molecule has 2 aromatic rings. The van der Waals surface area contributed by atoms with Gasteiger partial charge in [-0.15, -0.1) is 13.2 Å². The fourth-order valence-electron chi connectivity index (χ4n) is 1.56. The number of amides is 1. The van der Waals surface area contributed by atoms with Gasteiger partial charge in [-0.05, 0) is 24.3 Å². The Bertz CT molecular complexity index is 650. The second kappa shape index (κ2) is 5.35. The molecule has 0 aliphatic carbocycles. The Morgan fingerprint density at radius 3 is 2.43 bits per heavy atom. The number of benzene rings is 1. The lowest BCUT2D eigenvalue weighted by atomic mass is 10.2. The number of aromatic nitrogens is 2. The van der Waals surface area contributed by atoms with Crippen LogP contribution in [0.1, 0.15) is 10.4 Å². The molecule has 0 fully saturated rings. The molecule has 21 heavy (non-hydrogen) atoms. The zero-order valence-corrected chi connectivity index (χ0v) is 10.8. The first-order valence-electron chi connectivity index (χ1n) is 5.71. The molecule has 2 rings (SSSR count). The number of ether oxygens (including phenoxy) is 1.